The maximum Gasteiger partial charge on any atom is 0.230 e. The molecule has 0 spiro atoms. The van der Waals surface area contributed by atoms with E-state index in [1.807, 2.05) is 38.1 Å². The standard InChI is InChI=1S/C14H17N3O2/c1-9-10(2)16-17-14(9)15-13(18)8-11-6-4-5-7-12(11)19-3/h4-7H,8H2,1-3H3,(H2,15,16,17,18). The summed E-state index contributed by atoms with van der Waals surface area (Å²) in [5.41, 5.74) is 2.76. The number of aromatic nitrogens is 2. The Hall–Kier alpha value is -2.30. The van der Waals surface area contributed by atoms with Gasteiger partial charge in [-0.15, -0.1) is 0 Å². The van der Waals surface area contributed by atoms with E-state index in [0.29, 0.717) is 11.6 Å². The van der Waals surface area contributed by atoms with E-state index in [1.54, 1.807) is 7.11 Å². The van der Waals surface area contributed by atoms with Crippen molar-refractivity contribution < 1.29 is 9.53 Å². The average Bonchev–Trinajstić information content (AvgIpc) is 2.71. The molecule has 0 fully saturated rings. The Kier molecular flexibility index (Phi) is 3.85. The zero-order chi connectivity index (χ0) is 13.8. The van der Waals surface area contributed by atoms with Crippen LogP contribution >= 0.6 is 0 Å². The third-order valence-electron chi connectivity index (χ3n) is 3.05. The van der Waals surface area contributed by atoms with Crippen LogP contribution < -0.4 is 10.1 Å². The second-order valence-electron chi connectivity index (χ2n) is 4.36. The second-order valence-corrected chi connectivity index (χ2v) is 4.36. The molecule has 0 aliphatic heterocycles. The molecule has 1 heterocycles. The molecule has 2 rings (SSSR count). The van der Waals surface area contributed by atoms with Crippen molar-refractivity contribution in [3.63, 3.8) is 0 Å². The molecule has 100 valence electrons. The van der Waals surface area contributed by atoms with Gasteiger partial charge in [0.1, 0.15) is 5.75 Å². The number of carbonyl (C=O) groups is 1. The van der Waals surface area contributed by atoms with Crippen LogP contribution in [-0.4, -0.2) is 23.2 Å². The highest BCUT2D eigenvalue weighted by molar-refractivity contribution is 5.92. The topological polar surface area (TPSA) is 67.0 Å². The molecule has 5 nitrogen and oxygen atoms in total. The Morgan fingerprint density at radius 2 is 2.11 bits per heavy atom. The molecule has 0 saturated carbocycles. The van der Waals surface area contributed by atoms with Crippen molar-refractivity contribution in [2.45, 2.75) is 20.3 Å². The molecule has 0 aliphatic carbocycles. The number of nitrogens with one attached hydrogen (secondary N) is 2. The van der Waals surface area contributed by atoms with Gasteiger partial charge in [-0.25, -0.2) is 0 Å². The van der Waals surface area contributed by atoms with E-state index in [0.717, 1.165) is 16.8 Å². The molecule has 2 aromatic rings. The molecule has 5 heteroatoms. The molecule has 0 atom stereocenters. The summed E-state index contributed by atoms with van der Waals surface area (Å²) in [4.78, 5) is 12.0. The van der Waals surface area contributed by atoms with Gasteiger partial charge in [0.05, 0.1) is 13.5 Å². The predicted molar refractivity (Wildman–Crippen MR) is 73.4 cm³/mol. The van der Waals surface area contributed by atoms with Crippen LogP contribution in [0.2, 0.25) is 0 Å². The lowest BCUT2D eigenvalue weighted by molar-refractivity contribution is -0.115. The van der Waals surface area contributed by atoms with Crippen molar-refractivity contribution in [1.29, 1.82) is 0 Å². The molecule has 0 aliphatic rings. The van der Waals surface area contributed by atoms with E-state index in [1.165, 1.54) is 0 Å². The van der Waals surface area contributed by atoms with E-state index < -0.39 is 0 Å². The number of aryl methyl sites for hydroxylation is 1. The highest BCUT2D eigenvalue weighted by Crippen LogP contribution is 2.19. The predicted octanol–water partition coefficient (Wildman–Crippen LogP) is 2.22. The summed E-state index contributed by atoms with van der Waals surface area (Å²) < 4.78 is 5.22. The second kappa shape index (κ2) is 5.56. The molecule has 0 unspecified atom stereocenters. The molecular weight excluding hydrogens is 242 g/mol. The van der Waals surface area contributed by atoms with Crippen LogP contribution in [0.3, 0.4) is 0 Å². The highest BCUT2D eigenvalue weighted by atomic mass is 16.5. The van der Waals surface area contributed by atoms with Gasteiger partial charge in [-0.05, 0) is 19.9 Å². The van der Waals surface area contributed by atoms with Crippen molar-refractivity contribution in [3.05, 3.63) is 41.1 Å². The van der Waals surface area contributed by atoms with E-state index in [4.69, 9.17) is 4.74 Å². The van der Waals surface area contributed by atoms with Gasteiger partial charge >= 0.3 is 0 Å². The van der Waals surface area contributed by atoms with Gasteiger partial charge in [-0.3, -0.25) is 9.89 Å². The fourth-order valence-electron chi connectivity index (χ4n) is 1.81. The number of methoxy groups -OCH3 is 1. The maximum absolute atomic E-state index is 12.0. The third-order valence-corrected chi connectivity index (χ3v) is 3.05. The molecular formula is C14H17N3O2. The number of para-hydroxylation sites is 1. The molecule has 0 saturated heterocycles. The minimum atomic E-state index is -0.112. The van der Waals surface area contributed by atoms with Crippen molar-refractivity contribution in [1.82, 2.24) is 10.2 Å². The number of hydrogen-bond donors (Lipinski definition) is 2. The van der Waals surface area contributed by atoms with Crippen molar-refractivity contribution in [2.24, 2.45) is 0 Å². The lowest BCUT2D eigenvalue weighted by Gasteiger charge is -2.08. The molecule has 0 bridgehead atoms. The number of nitrogens with zero attached hydrogens (tertiary/aromatic N) is 1. The van der Waals surface area contributed by atoms with Crippen molar-refractivity contribution in [3.8, 4) is 5.75 Å². The number of ether oxygens (including phenoxy) is 1. The zero-order valence-electron chi connectivity index (χ0n) is 11.3. The number of benzene rings is 1. The highest BCUT2D eigenvalue weighted by Gasteiger charge is 2.12. The van der Waals surface area contributed by atoms with Crippen LogP contribution in [0.5, 0.6) is 5.75 Å². The number of carbonyl (C=O) groups excluding carboxylic acids is 1. The first kappa shape index (κ1) is 13.1. The summed E-state index contributed by atoms with van der Waals surface area (Å²) in [5, 5.41) is 9.68. The van der Waals surface area contributed by atoms with Crippen LogP contribution in [0, 0.1) is 13.8 Å². The van der Waals surface area contributed by atoms with Crippen LogP contribution in [0.4, 0.5) is 5.82 Å². The lowest BCUT2D eigenvalue weighted by Crippen LogP contribution is -2.15. The van der Waals surface area contributed by atoms with Gasteiger partial charge in [0, 0.05) is 16.8 Å². The quantitative estimate of drug-likeness (QED) is 0.884. The Bertz CT molecular complexity index is 590. The first-order valence-electron chi connectivity index (χ1n) is 6.05. The van der Waals surface area contributed by atoms with E-state index in [9.17, 15) is 4.79 Å². The molecule has 1 aromatic heterocycles. The smallest absolute Gasteiger partial charge is 0.230 e. The van der Waals surface area contributed by atoms with Crippen LogP contribution in [0.1, 0.15) is 16.8 Å². The first-order valence-corrected chi connectivity index (χ1v) is 6.05. The van der Waals surface area contributed by atoms with Gasteiger partial charge in [0.15, 0.2) is 5.82 Å². The Morgan fingerprint density at radius 1 is 1.37 bits per heavy atom. The zero-order valence-corrected chi connectivity index (χ0v) is 11.3. The number of anilines is 1. The summed E-state index contributed by atoms with van der Waals surface area (Å²) in [7, 11) is 1.60. The van der Waals surface area contributed by atoms with Crippen molar-refractivity contribution >= 4 is 11.7 Å². The number of H-pyrrole nitrogens is 1. The Labute approximate surface area is 112 Å². The summed E-state index contributed by atoms with van der Waals surface area (Å²) in [6.07, 6.45) is 0.259. The van der Waals surface area contributed by atoms with Gasteiger partial charge < -0.3 is 10.1 Å². The largest absolute Gasteiger partial charge is 0.496 e. The van der Waals surface area contributed by atoms with Gasteiger partial charge in [0.25, 0.3) is 0 Å². The van der Waals surface area contributed by atoms with E-state index in [-0.39, 0.29) is 12.3 Å². The number of amides is 1. The van der Waals surface area contributed by atoms with E-state index >= 15 is 0 Å². The molecule has 1 aromatic carbocycles. The molecule has 19 heavy (non-hydrogen) atoms. The number of aromatic amines is 1. The summed E-state index contributed by atoms with van der Waals surface area (Å²) >= 11 is 0. The van der Waals surface area contributed by atoms with E-state index in [2.05, 4.69) is 15.5 Å². The SMILES string of the molecule is COc1ccccc1CC(=O)Nc1n[nH]c(C)c1C. The minimum Gasteiger partial charge on any atom is -0.496 e. The summed E-state index contributed by atoms with van der Waals surface area (Å²) in [5.74, 6) is 1.18. The van der Waals surface area contributed by atoms with Crippen molar-refractivity contribution in [2.75, 3.05) is 12.4 Å². The van der Waals surface area contributed by atoms with Gasteiger partial charge in [-0.1, -0.05) is 18.2 Å². The molecule has 2 N–H and O–H groups in total. The van der Waals surface area contributed by atoms with Crippen LogP contribution in [-0.2, 0) is 11.2 Å². The fourth-order valence-corrected chi connectivity index (χ4v) is 1.81. The van der Waals surface area contributed by atoms with Gasteiger partial charge in [-0.2, -0.15) is 5.10 Å². The van der Waals surface area contributed by atoms with Crippen LogP contribution in [0.25, 0.3) is 0 Å². The molecule has 1 amide bonds. The first-order chi connectivity index (χ1) is 9.11. The monoisotopic (exact) mass is 259 g/mol. The summed E-state index contributed by atoms with van der Waals surface area (Å²) in [6.45, 7) is 3.83. The number of rotatable bonds is 4. The normalized spacial score (nSPS) is 10.3. The average molecular weight is 259 g/mol. The Balaban J connectivity index is 2.07. The lowest BCUT2D eigenvalue weighted by atomic mass is 10.1. The van der Waals surface area contributed by atoms with Crippen LogP contribution in [0.15, 0.2) is 24.3 Å². The molecule has 0 radical (unpaired) electrons. The third kappa shape index (κ3) is 2.93. The number of hydrogen-bond acceptors (Lipinski definition) is 3. The summed E-state index contributed by atoms with van der Waals surface area (Å²) in [6, 6.07) is 7.48. The Morgan fingerprint density at radius 3 is 2.74 bits per heavy atom. The maximum atomic E-state index is 12.0. The van der Waals surface area contributed by atoms with Gasteiger partial charge in [0.2, 0.25) is 5.91 Å². The fraction of sp³-hybridized carbons (Fsp3) is 0.286. The minimum absolute atomic E-state index is 0.112.